The Kier molecular flexibility index (Phi) is 4.63. The molecule has 1 unspecified atom stereocenters. The number of amides is 1. The molecule has 6 nitrogen and oxygen atoms in total. The molecule has 0 saturated carbocycles. The van der Waals surface area contributed by atoms with E-state index < -0.39 is 6.04 Å². The van der Waals surface area contributed by atoms with Gasteiger partial charge in [0.15, 0.2) is 0 Å². The highest BCUT2D eigenvalue weighted by Crippen LogP contribution is 2.41. The maximum absolute atomic E-state index is 11.8. The zero-order valence-corrected chi connectivity index (χ0v) is 14.7. The standard InChI is InChI=1S/C19H23N3O3/c1-4-14(20)18(23)22-12-8-9-17(21-11-12)24-15-6-5-7-16-13(15)10-19(2,3)25-16/h5-9,11,14H,4,10,20H2,1-3H3,(H,22,23). The van der Waals surface area contributed by atoms with E-state index in [9.17, 15) is 4.79 Å². The Morgan fingerprint density at radius 3 is 2.88 bits per heavy atom. The lowest BCUT2D eigenvalue weighted by Crippen LogP contribution is -2.34. The van der Waals surface area contributed by atoms with E-state index in [1.165, 1.54) is 0 Å². The fourth-order valence-electron chi connectivity index (χ4n) is 2.72. The second kappa shape index (κ2) is 6.72. The molecule has 0 bridgehead atoms. The number of aromatic nitrogens is 1. The second-order valence-electron chi connectivity index (χ2n) is 6.76. The molecule has 2 aromatic rings. The first kappa shape index (κ1) is 17.2. The third-order valence-electron chi connectivity index (χ3n) is 4.07. The number of anilines is 1. The number of hydrogen-bond donors (Lipinski definition) is 2. The summed E-state index contributed by atoms with van der Waals surface area (Å²) in [6.07, 6.45) is 2.92. The molecule has 1 aliphatic rings. The van der Waals surface area contributed by atoms with E-state index in [0.717, 1.165) is 23.5 Å². The van der Waals surface area contributed by atoms with Crippen LogP contribution < -0.4 is 20.5 Å². The average molecular weight is 341 g/mol. The molecule has 1 amide bonds. The fraction of sp³-hybridized carbons (Fsp3) is 0.368. The summed E-state index contributed by atoms with van der Waals surface area (Å²) in [4.78, 5) is 16.1. The molecule has 25 heavy (non-hydrogen) atoms. The summed E-state index contributed by atoms with van der Waals surface area (Å²) >= 11 is 0. The lowest BCUT2D eigenvalue weighted by molar-refractivity contribution is -0.117. The van der Waals surface area contributed by atoms with Crippen molar-refractivity contribution < 1.29 is 14.3 Å². The number of rotatable bonds is 5. The third-order valence-corrected chi connectivity index (χ3v) is 4.07. The van der Waals surface area contributed by atoms with E-state index in [1.807, 2.05) is 39.0 Å². The molecule has 1 aromatic heterocycles. The molecule has 0 aliphatic carbocycles. The molecule has 0 spiro atoms. The molecule has 6 heteroatoms. The molecule has 1 aromatic carbocycles. The van der Waals surface area contributed by atoms with Gasteiger partial charge in [0.25, 0.3) is 0 Å². The van der Waals surface area contributed by atoms with Crippen LogP contribution in [0, 0.1) is 0 Å². The summed E-state index contributed by atoms with van der Waals surface area (Å²) < 4.78 is 11.8. The third kappa shape index (κ3) is 3.91. The first-order valence-corrected chi connectivity index (χ1v) is 8.39. The minimum absolute atomic E-state index is 0.224. The number of carbonyl (C=O) groups excluding carboxylic acids is 1. The van der Waals surface area contributed by atoms with Crippen LogP contribution in [0.2, 0.25) is 0 Å². The van der Waals surface area contributed by atoms with Crippen LogP contribution in [0.3, 0.4) is 0 Å². The Morgan fingerprint density at radius 2 is 2.20 bits per heavy atom. The van der Waals surface area contributed by atoms with Gasteiger partial charge in [-0.05, 0) is 38.5 Å². The number of hydrogen-bond acceptors (Lipinski definition) is 5. The Labute approximate surface area is 147 Å². The van der Waals surface area contributed by atoms with Crippen LogP contribution in [0.15, 0.2) is 36.5 Å². The quantitative estimate of drug-likeness (QED) is 0.872. The van der Waals surface area contributed by atoms with Crippen molar-refractivity contribution in [3.8, 4) is 17.4 Å². The highest BCUT2D eigenvalue weighted by molar-refractivity contribution is 5.94. The SMILES string of the molecule is CCC(N)C(=O)Nc1ccc(Oc2cccc3c2CC(C)(C)O3)nc1. The molecular formula is C19H23N3O3. The van der Waals surface area contributed by atoms with Crippen LogP contribution in [-0.2, 0) is 11.2 Å². The van der Waals surface area contributed by atoms with E-state index in [4.69, 9.17) is 15.2 Å². The lowest BCUT2D eigenvalue weighted by atomic mass is 10.0. The van der Waals surface area contributed by atoms with Gasteiger partial charge in [-0.1, -0.05) is 13.0 Å². The van der Waals surface area contributed by atoms with E-state index in [2.05, 4.69) is 10.3 Å². The molecule has 1 atom stereocenters. The Bertz CT molecular complexity index is 772. The van der Waals surface area contributed by atoms with Gasteiger partial charge in [-0.2, -0.15) is 0 Å². The number of pyridine rings is 1. The summed E-state index contributed by atoms with van der Waals surface area (Å²) in [5.74, 6) is 1.81. The van der Waals surface area contributed by atoms with Crippen molar-refractivity contribution in [2.24, 2.45) is 5.73 Å². The predicted octanol–water partition coefficient (Wildman–Crippen LogP) is 3.26. The fourth-order valence-corrected chi connectivity index (χ4v) is 2.72. The molecule has 3 N–H and O–H groups in total. The van der Waals surface area contributed by atoms with Crippen LogP contribution in [-0.4, -0.2) is 22.5 Å². The average Bonchev–Trinajstić information content (AvgIpc) is 2.90. The lowest BCUT2D eigenvalue weighted by Gasteiger charge is -2.16. The first-order chi connectivity index (χ1) is 11.9. The monoisotopic (exact) mass is 341 g/mol. The van der Waals surface area contributed by atoms with Gasteiger partial charge in [-0.15, -0.1) is 0 Å². The van der Waals surface area contributed by atoms with Crippen LogP contribution in [0.25, 0.3) is 0 Å². The van der Waals surface area contributed by atoms with E-state index in [-0.39, 0.29) is 11.5 Å². The van der Waals surface area contributed by atoms with Crippen molar-refractivity contribution in [1.29, 1.82) is 0 Å². The van der Waals surface area contributed by atoms with Crippen LogP contribution in [0.4, 0.5) is 5.69 Å². The maximum Gasteiger partial charge on any atom is 0.241 e. The van der Waals surface area contributed by atoms with Gasteiger partial charge in [0.1, 0.15) is 17.1 Å². The number of benzene rings is 1. The normalized spacial score (nSPS) is 15.8. The summed E-state index contributed by atoms with van der Waals surface area (Å²) in [5.41, 5.74) is 7.10. The van der Waals surface area contributed by atoms with E-state index >= 15 is 0 Å². The maximum atomic E-state index is 11.8. The number of fused-ring (bicyclic) bond motifs is 1. The van der Waals surface area contributed by atoms with Gasteiger partial charge in [0.05, 0.1) is 17.9 Å². The molecule has 2 heterocycles. The van der Waals surface area contributed by atoms with Gasteiger partial charge >= 0.3 is 0 Å². The van der Waals surface area contributed by atoms with Gasteiger partial charge in [0.2, 0.25) is 11.8 Å². The second-order valence-corrected chi connectivity index (χ2v) is 6.76. The largest absolute Gasteiger partial charge is 0.487 e. The zero-order chi connectivity index (χ0) is 18.0. The van der Waals surface area contributed by atoms with Gasteiger partial charge in [0, 0.05) is 18.1 Å². The van der Waals surface area contributed by atoms with Crippen LogP contribution in [0.1, 0.15) is 32.8 Å². The molecule has 0 saturated heterocycles. The van der Waals surface area contributed by atoms with Crippen molar-refractivity contribution in [2.75, 3.05) is 5.32 Å². The number of carbonyl (C=O) groups is 1. The predicted molar refractivity (Wildman–Crippen MR) is 96.1 cm³/mol. The molecule has 132 valence electrons. The summed E-state index contributed by atoms with van der Waals surface area (Å²) in [5, 5.41) is 2.73. The van der Waals surface area contributed by atoms with Crippen LogP contribution in [0.5, 0.6) is 17.4 Å². The first-order valence-electron chi connectivity index (χ1n) is 8.39. The Morgan fingerprint density at radius 1 is 1.40 bits per heavy atom. The molecule has 0 radical (unpaired) electrons. The highest BCUT2D eigenvalue weighted by Gasteiger charge is 2.32. The van der Waals surface area contributed by atoms with Crippen molar-refractivity contribution in [3.63, 3.8) is 0 Å². The smallest absolute Gasteiger partial charge is 0.241 e. The molecular weight excluding hydrogens is 318 g/mol. The molecule has 0 fully saturated rings. The van der Waals surface area contributed by atoms with E-state index in [0.29, 0.717) is 18.0 Å². The number of ether oxygens (including phenoxy) is 2. The summed E-state index contributed by atoms with van der Waals surface area (Å²) in [6.45, 7) is 5.96. The van der Waals surface area contributed by atoms with E-state index in [1.54, 1.807) is 18.3 Å². The highest BCUT2D eigenvalue weighted by atomic mass is 16.5. The molecule has 3 rings (SSSR count). The van der Waals surface area contributed by atoms with Crippen LogP contribution >= 0.6 is 0 Å². The minimum atomic E-state index is -0.522. The summed E-state index contributed by atoms with van der Waals surface area (Å²) in [7, 11) is 0. The molecule has 1 aliphatic heterocycles. The van der Waals surface area contributed by atoms with Gasteiger partial charge in [-0.25, -0.2) is 4.98 Å². The topological polar surface area (TPSA) is 86.5 Å². The van der Waals surface area contributed by atoms with Gasteiger partial charge in [-0.3, -0.25) is 4.79 Å². The van der Waals surface area contributed by atoms with Crippen molar-refractivity contribution in [3.05, 3.63) is 42.1 Å². The van der Waals surface area contributed by atoms with Gasteiger partial charge < -0.3 is 20.5 Å². The zero-order valence-electron chi connectivity index (χ0n) is 14.7. The minimum Gasteiger partial charge on any atom is -0.487 e. The van der Waals surface area contributed by atoms with Crippen molar-refractivity contribution in [2.45, 2.75) is 45.3 Å². The number of nitrogens with two attached hydrogens (primary N) is 1. The Hall–Kier alpha value is -2.60. The number of nitrogens with zero attached hydrogens (tertiary/aromatic N) is 1. The number of nitrogens with one attached hydrogen (secondary N) is 1. The van der Waals surface area contributed by atoms with Crippen molar-refractivity contribution in [1.82, 2.24) is 4.98 Å². The Balaban J connectivity index is 1.71. The van der Waals surface area contributed by atoms with Crippen molar-refractivity contribution >= 4 is 11.6 Å². The summed E-state index contributed by atoms with van der Waals surface area (Å²) in [6, 6.07) is 8.68.